The van der Waals surface area contributed by atoms with E-state index in [9.17, 15) is 4.79 Å². The summed E-state index contributed by atoms with van der Waals surface area (Å²) in [7, 11) is 1.37. The van der Waals surface area contributed by atoms with E-state index in [1.54, 1.807) is 6.92 Å². The van der Waals surface area contributed by atoms with Gasteiger partial charge in [0.25, 0.3) is 0 Å². The summed E-state index contributed by atoms with van der Waals surface area (Å²) in [5.74, 6) is -0.370. The van der Waals surface area contributed by atoms with E-state index in [2.05, 4.69) is 17.0 Å². The first-order valence-electron chi connectivity index (χ1n) is 6.25. The topological polar surface area (TPSA) is 55.6 Å². The maximum Gasteiger partial charge on any atom is 0.327 e. The highest BCUT2D eigenvalue weighted by Gasteiger charge is 2.33. The smallest absolute Gasteiger partial charge is 0.327 e. The predicted octanol–water partition coefficient (Wildman–Crippen LogP) is 1.33. The molecule has 0 spiro atoms. The van der Waals surface area contributed by atoms with Crippen LogP contribution in [0, 0.1) is 0 Å². The van der Waals surface area contributed by atoms with Crippen LogP contribution in [0.15, 0.2) is 24.3 Å². The number of carbonyl (C=O) groups is 1. The molecule has 0 radical (unpaired) electrons. The quantitative estimate of drug-likeness (QED) is 0.820. The maximum absolute atomic E-state index is 11.6. The number of methoxy groups -OCH3 is 1. The highest BCUT2D eigenvalue weighted by atomic mass is 16.5. The lowest BCUT2D eigenvalue weighted by Crippen LogP contribution is -2.55. The van der Waals surface area contributed by atoms with E-state index in [4.69, 9.17) is 10.5 Å². The largest absolute Gasteiger partial charge is 0.468 e. The van der Waals surface area contributed by atoms with Crippen LogP contribution < -0.4 is 10.6 Å². The van der Waals surface area contributed by atoms with Gasteiger partial charge in [-0.25, -0.2) is 0 Å². The van der Waals surface area contributed by atoms with E-state index >= 15 is 0 Å². The summed E-state index contributed by atoms with van der Waals surface area (Å²) < 4.78 is 4.75. The molecule has 0 aliphatic carbocycles. The van der Waals surface area contributed by atoms with Gasteiger partial charge >= 0.3 is 5.97 Å². The summed E-state index contributed by atoms with van der Waals surface area (Å²) >= 11 is 0. The molecule has 18 heavy (non-hydrogen) atoms. The third kappa shape index (κ3) is 2.48. The van der Waals surface area contributed by atoms with Crippen molar-refractivity contribution in [2.45, 2.75) is 25.3 Å². The Morgan fingerprint density at radius 2 is 2.22 bits per heavy atom. The first-order chi connectivity index (χ1) is 8.54. The Balaban J connectivity index is 2.19. The predicted molar refractivity (Wildman–Crippen MR) is 71.6 cm³/mol. The first kappa shape index (κ1) is 12.9. The van der Waals surface area contributed by atoms with Gasteiger partial charge in [-0.2, -0.15) is 0 Å². The lowest BCUT2D eigenvalue weighted by Gasteiger charge is -2.36. The van der Waals surface area contributed by atoms with Crippen molar-refractivity contribution in [3.63, 3.8) is 0 Å². The molecule has 0 amide bonds. The lowest BCUT2D eigenvalue weighted by molar-refractivity contribution is -0.146. The molecule has 4 heteroatoms. The van der Waals surface area contributed by atoms with Gasteiger partial charge in [0, 0.05) is 18.8 Å². The zero-order chi connectivity index (χ0) is 13.2. The minimum Gasteiger partial charge on any atom is -0.468 e. The number of anilines is 1. The summed E-state index contributed by atoms with van der Waals surface area (Å²) in [5.41, 5.74) is 7.58. The van der Waals surface area contributed by atoms with Gasteiger partial charge in [-0.15, -0.1) is 0 Å². The molecule has 0 bridgehead atoms. The second kappa shape index (κ2) is 4.98. The van der Waals surface area contributed by atoms with Crippen molar-refractivity contribution in [2.24, 2.45) is 5.73 Å². The van der Waals surface area contributed by atoms with Gasteiger partial charge in [-0.05, 0) is 31.4 Å². The van der Waals surface area contributed by atoms with Gasteiger partial charge in [-0.3, -0.25) is 4.79 Å². The van der Waals surface area contributed by atoms with Gasteiger partial charge < -0.3 is 15.4 Å². The number of fused-ring (bicyclic) bond motifs is 1. The molecule has 98 valence electrons. The van der Waals surface area contributed by atoms with E-state index in [0.29, 0.717) is 6.54 Å². The van der Waals surface area contributed by atoms with E-state index in [1.807, 2.05) is 12.1 Å². The van der Waals surface area contributed by atoms with Crippen molar-refractivity contribution in [1.82, 2.24) is 0 Å². The summed E-state index contributed by atoms with van der Waals surface area (Å²) in [4.78, 5) is 13.8. The Kier molecular flexibility index (Phi) is 3.57. The number of aryl methyl sites for hydroxylation is 1. The highest BCUT2D eigenvalue weighted by Crippen LogP contribution is 2.27. The third-order valence-electron chi connectivity index (χ3n) is 3.38. The van der Waals surface area contributed by atoms with Crippen LogP contribution in [0.25, 0.3) is 0 Å². The van der Waals surface area contributed by atoms with Crippen LogP contribution in [0.2, 0.25) is 0 Å². The van der Waals surface area contributed by atoms with Crippen LogP contribution in [0.4, 0.5) is 5.69 Å². The molecule has 2 N–H and O–H groups in total. The Morgan fingerprint density at radius 1 is 1.50 bits per heavy atom. The average Bonchev–Trinajstić information content (AvgIpc) is 2.38. The molecule has 0 aromatic heterocycles. The summed E-state index contributed by atoms with van der Waals surface area (Å²) in [6.07, 6.45) is 2.18. The third-order valence-corrected chi connectivity index (χ3v) is 3.38. The van der Waals surface area contributed by atoms with Gasteiger partial charge in [0.1, 0.15) is 5.54 Å². The monoisotopic (exact) mass is 248 g/mol. The minimum absolute atomic E-state index is 0.370. The molecule has 1 aromatic carbocycles. The van der Waals surface area contributed by atoms with Crippen molar-refractivity contribution in [2.75, 3.05) is 25.1 Å². The normalized spacial score (nSPS) is 17.8. The number of nitrogens with two attached hydrogens (primary N) is 1. The van der Waals surface area contributed by atoms with E-state index in [0.717, 1.165) is 19.4 Å². The maximum atomic E-state index is 11.6. The zero-order valence-electron chi connectivity index (χ0n) is 11.0. The van der Waals surface area contributed by atoms with Crippen LogP contribution in [0.5, 0.6) is 0 Å². The van der Waals surface area contributed by atoms with Gasteiger partial charge in [0.15, 0.2) is 0 Å². The van der Waals surface area contributed by atoms with E-state index in [-0.39, 0.29) is 5.97 Å². The van der Waals surface area contributed by atoms with Gasteiger partial charge in [-0.1, -0.05) is 18.2 Å². The number of carbonyl (C=O) groups excluding carboxylic acids is 1. The summed E-state index contributed by atoms with van der Waals surface area (Å²) in [6.45, 7) is 3.13. The second-order valence-electron chi connectivity index (χ2n) is 5.06. The molecular formula is C14H20N2O2. The number of nitrogens with zero attached hydrogens (tertiary/aromatic N) is 1. The van der Waals surface area contributed by atoms with Gasteiger partial charge in [0.2, 0.25) is 0 Å². The molecule has 1 atom stereocenters. The molecule has 0 fully saturated rings. The molecule has 1 unspecified atom stereocenters. The minimum atomic E-state index is -0.973. The van der Waals surface area contributed by atoms with Crippen LogP contribution in [-0.2, 0) is 16.0 Å². The van der Waals surface area contributed by atoms with E-state index < -0.39 is 5.54 Å². The van der Waals surface area contributed by atoms with E-state index in [1.165, 1.54) is 18.4 Å². The number of hydrogen-bond donors (Lipinski definition) is 1. The van der Waals surface area contributed by atoms with Crippen LogP contribution in [-0.4, -0.2) is 31.7 Å². The average molecular weight is 248 g/mol. The first-order valence-corrected chi connectivity index (χ1v) is 6.25. The van der Waals surface area contributed by atoms with Crippen LogP contribution in [0.3, 0.4) is 0 Å². The number of ether oxygens (including phenoxy) is 1. The summed E-state index contributed by atoms with van der Waals surface area (Å²) in [6, 6.07) is 8.28. The number of esters is 1. The highest BCUT2D eigenvalue weighted by molar-refractivity contribution is 5.81. The Bertz CT molecular complexity index is 443. The van der Waals surface area contributed by atoms with Crippen molar-refractivity contribution in [3.05, 3.63) is 29.8 Å². The molecule has 4 nitrogen and oxygen atoms in total. The number of hydrogen-bond acceptors (Lipinski definition) is 4. The molecule has 0 saturated heterocycles. The standard InChI is InChI=1S/C14H20N2O2/c1-14(15,13(17)18-2)10-16-9-5-7-11-6-3-4-8-12(11)16/h3-4,6,8H,5,7,9-10,15H2,1-2H3. The Hall–Kier alpha value is -1.55. The zero-order valence-corrected chi connectivity index (χ0v) is 11.0. The van der Waals surface area contributed by atoms with Gasteiger partial charge in [0.05, 0.1) is 7.11 Å². The summed E-state index contributed by atoms with van der Waals surface area (Å²) in [5, 5.41) is 0. The number of para-hydroxylation sites is 1. The van der Waals surface area contributed by atoms with Crippen LogP contribution in [0.1, 0.15) is 18.9 Å². The molecular weight excluding hydrogens is 228 g/mol. The van der Waals surface area contributed by atoms with Crippen molar-refractivity contribution in [1.29, 1.82) is 0 Å². The molecule has 1 aromatic rings. The molecule has 1 heterocycles. The fraction of sp³-hybridized carbons (Fsp3) is 0.500. The molecule has 0 saturated carbocycles. The fourth-order valence-corrected chi connectivity index (χ4v) is 2.47. The van der Waals surface area contributed by atoms with Crippen molar-refractivity contribution < 1.29 is 9.53 Å². The van der Waals surface area contributed by atoms with Crippen LogP contribution >= 0.6 is 0 Å². The number of rotatable bonds is 3. The molecule has 1 aliphatic rings. The van der Waals surface area contributed by atoms with Crippen molar-refractivity contribution >= 4 is 11.7 Å². The Morgan fingerprint density at radius 3 is 2.94 bits per heavy atom. The second-order valence-corrected chi connectivity index (χ2v) is 5.06. The molecule has 2 rings (SSSR count). The van der Waals surface area contributed by atoms with Crippen molar-refractivity contribution in [3.8, 4) is 0 Å². The number of benzene rings is 1. The fourth-order valence-electron chi connectivity index (χ4n) is 2.47. The molecule has 1 aliphatic heterocycles. The SMILES string of the molecule is COC(=O)C(C)(N)CN1CCCc2ccccc21. The lowest BCUT2D eigenvalue weighted by atomic mass is 9.97. The Labute approximate surface area is 108 Å².